The molecule has 0 saturated carbocycles. The van der Waals surface area contributed by atoms with E-state index in [2.05, 4.69) is 37.2 Å². The molecule has 124 heavy (non-hydrogen) atoms. The lowest BCUT2D eigenvalue weighted by atomic mass is 9.80. The van der Waals surface area contributed by atoms with Gasteiger partial charge in [0.15, 0.2) is 36.2 Å². The molecule has 11 bridgehead atoms. The van der Waals surface area contributed by atoms with Crippen molar-refractivity contribution < 1.29 is 152 Å². The van der Waals surface area contributed by atoms with Crippen molar-refractivity contribution in [1.29, 1.82) is 0 Å². The summed E-state index contributed by atoms with van der Waals surface area (Å²) in [5.41, 5.74) is 10.9. The number of halogens is 1. The molecule has 41 heteroatoms. The number of carboxylic acid groups (broad SMARTS) is 1. The van der Waals surface area contributed by atoms with Crippen LogP contribution in [0.15, 0.2) is 139 Å². The highest BCUT2D eigenvalue weighted by Crippen LogP contribution is 2.50. The predicted octanol–water partition coefficient (Wildman–Crippen LogP) is -1.46. The molecule has 25 N–H and O–H groups in total. The highest BCUT2D eigenvalue weighted by molar-refractivity contribution is 6.32. The highest BCUT2D eigenvalue weighted by atomic mass is 35.5. The third-order valence-corrected chi connectivity index (χ3v) is 23.2. The van der Waals surface area contributed by atoms with Gasteiger partial charge in [-0.05, 0) is 134 Å². The molecule has 9 aliphatic heterocycles. The summed E-state index contributed by atoms with van der Waals surface area (Å²) in [6.45, 7) is 3.42. The third kappa shape index (κ3) is 18.6. The number of carbonyl (C=O) groups excluding carboxylic acids is 6. The SMILES string of the molecule is CN[C@@H](C(=O)N[C@H]1C(=O)N[C@@H](c2ccc(O)cc2)C(=O)N[C@H]2C(=O)N[C@H]3C(=O)N[C@H](C(=O)N[C@H](C(=O)O)c4cc(O)cc(O)c4C4C=C3C=CC4O)[C@H](O[C@H]3C[C@@H](N)[C@@H](O)[C@H](C)O3)c3ccc(c(Cl)c3)Oc3cc2cc(c3O[C@@H]2O[C@H](CO)[C@@H](O)[C@H](O)C2O[C@H]2C[C@@H](N)[C@@H](O)[C@H](C)O2)Oc2ccc(cc2)[C@H]1O)c1ccc(O[C@@H]2O[C@@H](C)[C@H](O)[C@@H](O)[C@H]2O)cc1. The van der Waals surface area contributed by atoms with Crippen LogP contribution in [0.4, 0.5) is 0 Å². The first-order chi connectivity index (χ1) is 59.0. The van der Waals surface area contributed by atoms with Gasteiger partial charge in [0, 0.05) is 42.5 Å². The highest BCUT2D eigenvalue weighted by Gasteiger charge is 2.52. The summed E-state index contributed by atoms with van der Waals surface area (Å²) in [5.74, 6) is -15.5. The first-order valence-corrected chi connectivity index (χ1v) is 39.9. The quantitative estimate of drug-likeness (QED) is 0.0559. The van der Waals surface area contributed by atoms with E-state index in [0.29, 0.717) is 0 Å². The number of nitrogens with two attached hydrogens (primary N) is 2. The zero-order chi connectivity index (χ0) is 88.9. The molecule has 3 unspecified atom stereocenters. The van der Waals surface area contributed by atoms with Crippen molar-refractivity contribution in [3.05, 3.63) is 183 Å². The van der Waals surface area contributed by atoms with Crippen molar-refractivity contribution >= 4 is 53.0 Å². The number of benzene rings is 6. The van der Waals surface area contributed by atoms with E-state index in [4.69, 9.17) is 70.4 Å². The first-order valence-electron chi connectivity index (χ1n) is 39.6. The lowest BCUT2D eigenvalue weighted by Crippen LogP contribution is -2.62. The molecule has 6 amide bonds. The molecule has 4 saturated heterocycles. The van der Waals surface area contributed by atoms with Crippen molar-refractivity contribution in [1.82, 2.24) is 37.2 Å². The van der Waals surface area contributed by atoms with Crippen LogP contribution in [0.1, 0.15) is 115 Å². The summed E-state index contributed by atoms with van der Waals surface area (Å²) in [4.78, 5) is 109. The minimum absolute atomic E-state index is 0.0671. The Morgan fingerprint density at radius 3 is 1.80 bits per heavy atom. The van der Waals surface area contributed by atoms with Gasteiger partial charge < -0.3 is 168 Å². The Morgan fingerprint density at radius 2 is 1.17 bits per heavy atom. The van der Waals surface area contributed by atoms with Gasteiger partial charge in [0.2, 0.25) is 53.8 Å². The van der Waals surface area contributed by atoms with Crippen LogP contribution in [-0.2, 0) is 62.0 Å². The molecule has 0 radical (unpaired) electrons. The summed E-state index contributed by atoms with van der Waals surface area (Å²) in [6, 6.07) is 6.13. The number of amides is 6. The van der Waals surface area contributed by atoms with Gasteiger partial charge in [-0.15, -0.1) is 0 Å². The molecule has 4 fully saturated rings. The lowest BCUT2D eigenvalue weighted by molar-refractivity contribution is -0.330. The fourth-order valence-electron chi connectivity index (χ4n) is 16.0. The molecular formula is C83H94ClN9O31. The molecular weight excluding hydrogens is 1650 g/mol. The fourth-order valence-corrected chi connectivity index (χ4v) is 16.3. The number of aliphatic hydroxyl groups excluding tert-OH is 10. The Hall–Kier alpha value is -10.8. The number of nitrogens with one attached hydrogen (secondary N) is 7. The van der Waals surface area contributed by atoms with Crippen LogP contribution < -0.4 is 67.6 Å². The van der Waals surface area contributed by atoms with Gasteiger partial charge in [-0.3, -0.25) is 28.8 Å². The number of aliphatic carboxylic acids is 1. The van der Waals surface area contributed by atoms with Crippen LogP contribution in [-0.4, -0.2) is 261 Å². The number of likely N-dealkylation sites (N-methyl/N-ethyl adjacent to an activating group) is 1. The van der Waals surface area contributed by atoms with E-state index in [9.17, 15) is 81.1 Å². The molecule has 16 rings (SSSR count). The number of aliphatic hydroxyl groups is 10. The summed E-state index contributed by atoms with van der Waals surface area (Å²) in [7, 11) is 1.39. The molecule has 9 heterocycles. The fraction of sp³-hybridized carbons (Fsp3) is 0.434. The second-order valence-electron chi connectivity index (χ2n) is 31.3. The number of carboxylic acids is 1. The van der Waals surface area contributed by atoms with E-state index in [0.717, 1.165) is 54.6 Å². The largest absolute Gasteiger partial charge is 0.508 e. The van der Waals surface area contributed by atoms with Crippen molar-refractivity contribution in [3.63, 3.8) is 0 Å². The van der Waals surface area contributed by atoms with Crippen molar-refractivity contribution in [2.24, 2.45) is 11.5 Å². The number of rotatable bonds is 15. The van der Waals surface area contributed by atoms with Crippen LogP contribution in [0.3, 0.4) is 0 Å². The molecule has 29 atom stereocenters. The number of aromatic hydroxyl groups is 3. The van der Waals surface area contributed by atoms with E-state index < -0.39 is 275 Å². The number of ether oxygens (including phenoxy) is 10. The summed E-state index contributed by atoms with van der Waals surface area (Å²) in [6.07, 6.45) is -27.1. The molecule has 1 aliphatic carbocycles. The van der Waals surface area contributed by atoms with Crippen molar-refractivity contribution in [2.45, 2.75) is 211 Å². The molecule has 664 valence electrons. The molecule has 10 aliphatic rings. The Balaban J connectivity index is 0.958. The average molecular weight is 1750 g/mol. The van der Waals surface area contributed by atoms with Gasteiger partial charge in [0.1, 0.15) is 120 Å². The van der Waals surface area contributed by atoms with Crippen LogP contribution in [0.2, 0.25) is 5.02 Å². The summed E-state index contributed by atoms with van der Waals surface area (Å²) < 4.78 is 63.2. The topological polar surface area (TPSA) is 631 Å². The Labute approximate surface area is 710 Å². The Kier molecular flexibility index (Phi) is 26.8. The van der Waals surface area contributed by atoms with Crippen LogP contribution in [0, 0.1) is 0 Å². The van der Waals surface area contributed by atoms with E-state index in [-0.39, 0.29) is 63.7 Å². The summed E-state index contributed by atoms with van der Waals surface area (Å²) >= 11 is 7.39. The normalized spacial score (nSPS) is 34.2. The number of phenols is 3. The van der Waals surface area contributed by atoms with Gasteiger partial charge in [-0.1, -0.05) is 72.3 Å². The molecule has 0 spiro atoms. The Morgan fingerprint density at radius 1 is 0.573 bits per heavy atom. The van der Waals surface area contributed by atoms with Gasteiger partial charge in [-0.25, -0.2) is 4.79 Å². The van der Waals surface area contributed by atoms with Gasteiger partial charge >= 0.3 is 5.97 Å². The smallest absolute Gasteiger partial charge is 0.330 e. The molecule has 6 aromatic rings. The van der Waals surface area contributed by atoms with Gasteiger partial charge in [-0.2, -0.15) is 0 Å². The number of hydrogen-bond acceptors (Lipinski definition) is 33. The van der Waals surface area contributed by atoms with Gasteiger partial charge in [0.25, 0.3) is 0 Å². The minimum atomic E-state index is -2.35. The Bertz CT molecular complexity index is 5010. The number of fused-ring (bicyclic) bond motifs is 14. The molecule has 6 aromatic carbocycles. The van der Waals surface area contributed by atoms with Gasteiger partial charge in [0.05, 0.1) is 48.3 Å². The summed E-state index contributed by atoms with van der Waals surface area (Å²) in [5, 5.41) is 175. The first kappa shape index (κ1) is 89.5. The van der Waals surface area contributed by atoms with Crippen LogP contribution >= 0.6 is 11.6 Å². The maximum absolute atomic E-state index is 16.7. The maximum Gasteiger partial charge on any atom is 0.330 e. The zero-order valence-electron chi connectivity index (χ0n) is 66.3. The van der Waals surface area contributed by atoms with E-state index in [1.54, 1.807) is 0 Å². The monoisotopic (exact) mass is 1750 g/mol. The van der Waals surface area contributed by atoms with Crippen LogP contribution in [0.5, 0.6) is 51.7 Å². The van der Waals surface area contributed by atoms with E-state index in [1.807, 2.05) is 0 Å². The van der Waals surface area contributed by atoms with Crippen molar-refractivity contribution in [2.75, 3.05) is 13.7 Å². The minimum Gasteiger partial charge on any atom is -0.508 e. The lowest BCUT2D eigenvalue weighted by Gasteiger charge is -2.44. The average Bonchev–Trinajstić information content (AvgIpc) is 0.765. The van der Waals surface area contributed by atoms with E-state index in [1.165, 1.54) is 107 Å². The second kappa shape index (κ2) is 37.2. The standard InChI is InChI=1S/C83H94ClN9O31/c1-30-64(99)46(85)27-54(115-30)122-72-37-12-20-50(45(84)22-37)120-52-24-38-23-51(73(52)124-83-74(70(105)68(103)53(29-94)121-83)123-55-28-47(86)65(100)31(2)116-55)118-41-17-9-35(10-18-41)67(102)62(92-75(107)57(87-4)33-7-15-42(16-8-33)119-82-71(106)69(104)66(101)32(3)117-82)79(111)88-58(34-5-13-39(95)14-6-34)76(108)90-60(38)78(110)89-59-36-11-19-48(97)43(21-36)56-44(25-40(96)26-49(56)98)61(81(113)114)91-80(112)63(72)93-77(59)109/h5-26,30-32,43,46-48,53-55,57-72,74,82-83,87,94-106H,27-29,85-86H2,1-4H3,(H,88,111)(H,89,110)(H,90,108)(H,91,112)(H,92,107)(H,93,109)(H,113,114)/t30-,31-,32-,43?,46+,47+,48?,53+,54-,55-,57+,58-,59+,60+,61-,62+,63-,64-,65-,66-,67+,68+,69+,70-,71+,72+,74?,82-,83-/m0/s1. The molecule has 40 nitrogen and oxygen atoms in total. The zero-order valence-corrected chi connectivity index (χ0v) is 67.1. The third-order valence-electron chi connectivity index (χ3n) is 22.9. The second-order valence-corrected chi connectivity index (χ2v) is 31.7. The number of phenolic OH excluding ortho intramolecular Hbond substituents is 3. The number of carbonyl (C=O) groups is 7. The number of hydrogen-bond donors (Lipinski definition) is 23. The predicted molar refractivity (Wildman–Crippen MR) is 424 cm³/mol. The van der Waals surface area contributed by atoms with Crippen LogP contribution in [0.25, 0.3) is 0 Å². The molecule has 0 aromatic heterocycles. The van der Waals surface area contributed by atoms with E-state index >= 15 is 24.0 Å². The van der Waals surface area contributed by atoms with Crippen molar-refractivity contribution in [3.8, 4) is 51.7 Å². The maximum atomic E-state index is 16.7.